The zero-order valence-electron chi connectivity index (χ0n) is 13.5. The van der Waals surface area contributed by atoms with Crippen molar-refractivity contribution in [2.45, 2.75) is 6.92 Å². The number of hydrazone groups is 1. The Morgan fingerprint density at radius 1 is 1.19 bits per heavy atom. The molecule has 136 valence electrons. The molecule has 1 atom stereocenters. The van der Waals surface area contributed by atoms with Gasteiger partial charge in [-0.1, -0.05) is 12.1 Å². The van der Waals surface area contributed by atoms with Crippen molar-refractivity contribution in [2.75, 3.05) is 5.32 Å². The average Bonchev–Trinajstić information content (AvgIpc) is 2.60. The Bertz CT molecular complexity index is 851. The van der Waals surface area contributed by atoms with Gasteiger partial charge in [-0.25, -0.2) is 9.82 Å². The number of phenols is 1. The van der Waals surface area contributed by atoms with Gasteiger partial charge in [0, 0.05) is 0 Å². The highest BCUT2D eigenvalue weighted by atomic mass is 79.9. The molecular formula is C17H14Br2FN3O3. The zero-order chi connectivity index (χ0) is 19.3. The molecule has 26 heavy (non-hydrogen) atoms. The second-order valence-electron chi connectivity index (χ2n) is 5.26. The fourth-order valence-corrected chi connectivity index (χ4v) is 3.07. The van der Waals surface area contributed by atoms with E-state index in [4.69, 9.17) is 0 Å². The van der Waals surface area contributed by atoms with Crippen LogP contribution < -0.4 is 10.7 Å². The highest BCUT2D eigenvalue weighted by molar-refractivity contribution is 9.11. The quantitative estimate of drug-likeness (QED) is 0.341. The lowest BCUT2D eigenvalue weighted by Gasteiger charge is -2.11. The summed E-state index contributed by atoms with van der Waals surface area (Å²) in [5, 5.41) is 15.8. The van der Waals surface area contributed by atoms with Gasteiger partial charge in [0.15, 0.2) is 0 Å². The molecule has 0 bridgehead atoms. The number of nitrogens with zero attached hydrogens (tertiary/aromatic N) is 1. The van der Waals surface area contributed by atoms with Crippen molar-refractivity contribution in [1.29, 1.82) is 0 Å². The fourth-order valence-electron chi connectivity index (χ4n) is 1.85. The smallest absolute Gasteiger partial charge is 0.252 e. The van der Waals surface area contributed by atoms with Crippen LogP contribution in [0.15, 0.2) is 50.4 Å². The normalized spacial score (nSPS) is 12.0. The van der Waals surface area contributed by atoms with Crippen molar-refractivity contribution in [2.24, 2.45) is 11.0 Å². The number of hydrogen-bond donors (Lipinski definition) is 3. The van der Waals surface area contributed by atoms with E-state index in [-0.39, 0.29) is 11.4 Å². The van der Waals surface area contributed by atoms with Crippen molar-refractivity contribution in [1.82, 2.24) is 5.43 Å². The lowest BCUT2D eigenvalue weighted by molar-refractivity contribution is -0.131. The number of phenolic OH excluding ortho intramolecular Hbond substituents is 1. The number of benzene rings is 2. The number of halogens is 3. The van der Waals surface area contributed by atoms with Gasteiger partial charge < -0.3 is 10.4 Å². The monoisotopic (exact) mass is 485 g/mol. The molecule has 2 amide bonds. The third-order valence-corrected chi connectivity index (χ3v) is 4.55. The van der Waals surface area contributed by atoms with Gasteiger partial charge in [0.05, 0.1) is 20.8 Å². The topological polar surface area (TPSA) is 90.8 Å². The van der Waals surface area contributed by atoms with Crippen LogP contribution >= 0.6 is 31.9 Å². The summed E-state index contributed by atoms with van der Waals surface area (Å²) in [6.07, 6.45) is 1.36. The summed E-state index contributed by atoms with van der Waals surface area (Å²) in [4.78, 5) is 24.0. The maximum atomic E-state index is 13.5. The first kappa shape index (κ1) is 20.1. The Hall–Kier alpha value is -2.26. The van der Waals surface area contributed by atoms with E-state index in [1.807, 2.05) is 0 Å². The van der Waals surface area contributed by atoms with Crippen molar-refractivity contribution in [3.8, 4) is 5.75 Å². The van der Waals surface area contributed by atoms with Crippen LogP contribution in [0.1, 0.15) is 12.5 Å². The Labute approximate surface area is 165 Å². The van der Waals surface area contributed by atoms with Crippen LogP contribution in [0, 0.1) is 11.7 Å². The number of nitrogens with one attached hydrogen (secondary N) is 2. The molecular weight excluding hydrogens is 473 g/mol. The number of anilines is 1. The van der Waals surface area contributed by atoms with Crippen LogP contribution in [-0.4, -0.2) is 23.1 Å². The Kier molecular flexibility index (Phi) is 6.87. The summed E-state index contributed by atoms with van der Waals surface area (Å²) < 4.78 is 14.4. The molecule has 2 aromatic rings. The minimum Gasteiger partial charge on any atom is -0.506 e. The third-order valence-electron chi connectivity index (χ3n) is 3.35. The lowest BCUT2D eigenvalue weighted by Crippen LogP contribution is -2.34. The van der Waals surface area contributed by atoms with Crippen LogP contribution in [0.2, 0.25) is 0 Å². The van der Waals surface area contributed by atoms with E-state index < -0.39 is 23.5 Å². The molecule has 0 aromatic heterocycles. The van der Waals surface area contributed by atoms with E-state index >= 15 is 0 Å². The second-order valence-corrected chi connectivity index (χ2v) is 6.97. The molecule has 2 rings (SSSR count). The summed E-state index contributed by atoms with van der Waals surface area (Å²) in [5.74, 6) is -2.92. The van der Waals surface area contributed by atoms with E-state index in [9.17, 15) is 19.1 Å². The van der Waals surface area contributed by atoms with Gasteiger partial charge in [-0.2, -0.15) is 5.10 Å². The van der Waals surface area contributed by atoms with Gasteiger partial charge in [0.25, 0.3) is 5.91 Å². The number of rotatable bonds is 5. The zero-order valence-corrected chi connectivity index (χ0v) is 16.6. The van der Waals surface area contributed by atoms with Crippen LogP contribution in [0.4, 0.5) is 10.1 Å². The van der Waals surface area contributed by atoms with Gasteiger partial charge in [-0.05, 0) is 68.6 Å². The van der Waals surface area contributed by atoms with Gasteiger partial charge >= 0.3 is 0 Å². The summed E-state index contributed by atoms with van der Waals surface area (Å²) >= 11 is 6.37. The van der Waals surface area contributed by atoms with E-state index in [2.05, 4.69) is 47.7 Å². The standard InChI is InChI=1S/C17H14Br2FN3O3/c1-9(16(25)22-14-5-3-2-4-13(14)20)17(26)23-21-8-10-6-11(18)15(24)12(19)7-10/h2-9,24H,1H3,(H,22,25)(H,23,26). The van der Waals surface area contributed by atoms with Crippen LogP contribution in [0.3, 0.4) is 0 Å². The largest absolute Gasteiger partial charge is 0.506 e. The molecule has 3 N–H and O–H groups in total. The average molecular weight is 487 g/mol. The molecule has 0 spiro atoms. The van der Waals surface area contributed by atoms with Crippen LogP contribution in [-0.2, 0) is 9.59 Å². The van der Waals surface area contributed by atoms with Crippen molar-refractivity contribution in [3.63, 3.8) is 0 Å². The number of aromatic hydroxyl groups is 1. The molecule has 0 aliphatic rings. The van der Waals surface area contributed by atoms with Gasteiger partial charge in [0.2, 0.25) is 5.91 Å². The molecule has 6 nitrogen and oxygen atoms in total. The van der Waals surface area contributed by atoms with Crippen LogP contribution in [0.25, 0.3) is 0 Å². The van der Waals surface area contributed by atoms with Gasteiger partial charge in [0.1, 0.15) is 17.5 Å². The molecule has 9 heteroatoms. The molecule has 0 fully saturated rings. The van der Waals surface area contributed by atoms with Crippen molar-refractivity contribution < 1.29 is 19.1 Å². The van der Waals surface area contributed by atoms with E-state index in [0.29, 0.717) is 14.5 Å². The molecule has 0 radical (unpaired) electrons. The molecule has 1 unspecified atom stereocenters. The van der Waals surface area contributed by atoms with E-state index in [0.717, 1.165) is 0 Å². The number of carbonyl (C=O) groups excluding carboxylic acids is 2. The first-order valence-corrected chi connectivity index (χ1v) is 8.94. The SMILES string of the molecule is CC(C(=O)NN=Cc1cc(Br)c(O)c(Br)c1)C(=O)Nc1ccccc1F. The lowest BCUT2D eigenvalue weighted by atomic mass is 10.1. The minimum atomic E-state index is -1.08. The Morgan fingerprint density at radius 2 is 1.81 bits per heavy atom. The predicted molar refractivity (Wildman–Crippen MR) is 103 cm³/mol. The molecule has 0 aliphatic heterocycles. The Balaban J connectivity index is 1.96. The van der Waals surface area contributed by atoms with Gasteiger partial charge in [-0.3, -0.25) is 9.59 Å². The highest BCUT2D eigenvalue weighted by Gasteiger charge is 2.22. The van der Waals surface area contributed by atoms with Gasteiger partial charge in [-0.15, -0.1) is 0 Å². The second kappa shape index (κ2) is 8.91. The van der Waals surface area contributed by atoms with E-state index in [1.165, 1.54) is 31.3 Å². The number of para-hydroxylation sites is 1. The van der Waals surface area contributed by atoms with Crippen LogP contribution in [0.5, 0.6) is 5.75 Å². The summed E-state index contributed by atoms with van der Waals surface area (Å²) in [6.45, 7) is 1.38. The molecule has 2 aromatic carbocycles. The minimum absolute atomic E-state index is 0.000514. The van der Waals surface area contributed by atoms with Crippen molar-refractivity contribution in [3.05, 3.63) is 56.7 Å². The first-order chi connectivity index (χ1) is 12.3. The molecule has 0 saturated heterocycles. The number of hydrogen-bond acceptors (Lipinski definition) is 4. The maximum Gasteiger partial charge on any atom is 0.252 e. The molecule has 0 saturated carbocycles. The van der Waals surface area contributed by atoms with Crippen molar-refractivity contribution >= 4 is 55.6 Å². The first-order valence-electron chi connectivity index (χ1n) is 7.36. The Morgan fingerprint density at radius 3 is 2.42 bits per heavy atom. The number of carbonyl (C=O) groups is 2. The maximum absolute atomic E-state index is 13.5. The predicted octanol–water partition coefficient (Wildman–Crippen LogP) is 3.78. The summed E-state index contributed by atoms with van der Waals surface area (Å²) in [7, 11) is 0. The molecule has 0 aliphatic carbocycles. The number of amides is 2. The van der Waals surface area contributed by atoms with E-state index in [1.54, 1.807) is 18.2 Å². The molecule has 0 heterocycles. The fraction of sp³-hybridized carbons (Fsp3) is 0.118. The summed E-state index contributed by atoms with van der Waals surface area (Å²) in [5.41, 5.74) is 2.85. The highest BCUT2D eigenvalue weighted by Crippen LogP contribution is 2.32. The summed E-state index contributed by atoms with van der Waals surface area (Å²) in [6, 6.07) is 8.88. The third kappa shape index (κ3) is 5.12.